The first kappa shape index (κ1) is 15.6. The number of halogens is 2. The highest BCUT2D eigenvalue weighted by Gasteiger charge is 2.19. The summed E-state index contributed by atoms with van der Waals surface area (Å²) >= 11 is 12.0. The van der Waals surface area contributed by atoms with Crippen LogP contribution in [-0.2, 0) is 4.79 Å². The third-order valence-electron chi connectivity index (χ3n) is 3.68. The van der Waals surface area contributed by atoms with Crippen molar-refractivity contribution in [2.24, 2.45) is 5.92 Å². The first-order valence-corrected chi connectivity index (χ1v) is 7.77. The highest BCUT2D eigenvalue weighted by atomic mass is 35.5. The van der Waals surface area contributed by atoms with Gasteiger partial charge in [0.2, 0.25) is 5.91 Å². The normalized spacial score (nSPS) is 20.4. The number of carbonyl (C=O) groups is 1. The minimum Gasteiger partial charge on any atom is -0.350 e. The summed E-state index contributed by atoms with van der Waals surface area (Å²) in [7, 11) is 0. The SMILES string of the molecule is CC(NC(=O)CC1CCCNC1)c1ccc(Cl)cc1Cl. The fourth-order valence-electron chi connectivity index (χ4n) is 2.59. The van der Waals surface area contributed by atoms with Gasteiger partial charge < -0.3 is 10.6 Å². The Bertz CT molecular complexity index is 473. The van der Waals surface area contributed by atoms with E-state index in [1.54, 1.807) is 12.1 Å². The number of amides is 1. The average Bonchev–Trinajstić information content (AvgIpc) is 2.39. The summed E-state index contributed by atoms with van der Waals surface area (Å²) < 4.78 is 0. The number of hydrogen-bond donors (Lipinski definition) is 2. The lowest BCUT2D eigenvalue weighted by Crippen LogP contribution is -2.35. The Morgan fingerprint density at radius 3 is 2.95 bits per heavy atom. The van der Waals surface area contributed by atoms with Gasteiger partial charge in [0.25, 0.3) is 0 Å². The minimum absolute atomic E-state index is 0.0808. The van der Waals surface area contributed by atoms with Gasteiger partial charge in [-0.05, 0) is 56.5 Å². The smallest absolute Gasteiger partial charge is 0.220 e. The number of benzene rings is 1. The molecule has 2 unspecified atom stereocenters. The highest BCUT2D eigenvalue weighted by molar-refractivity contribution is 6.35. The van der Waals surface area contributed by atoms with Crippen LogP contribution in [-0.4, -0.2) is 19.0 Å². The molecule has 1 fully saturated rings. The summed E-state index contributed by atoms with van der Waals surface area (Å²) in [5, 5.41) is 7.52. The maximum absolute atomic E-state index is 12.1. The van der Waals surface area contributed by atoms with Crippen molar-refractivity contribution in [1.82, 2.24) is 10.6 Å². The molecule has 110 valence electrons. The van der Waals surface area contributed by atoms with Crippen molar-refractivity contribution >= 4 is 29.1 Å². The first-order chi connectivity index (χ1) is 9.56. The first-order valence-electron chi connectivity index (χ1n) is 7.01. The Kier molecular flexibility index (Phi) is 5.70. The molecule has 0 radical (unpaired) electrons. The molecule has 2 atom stereocenters. The van der Waals surface area contributed by atoms with Crippen LogP contribution in [0.4, 0.5) is 0 Å². The number of nitrogens with one attached hydrogen (secondary N) is 2. The van der Waals surface area contributed by atoms with Crippen molar-refractivity contribution in [3.8, 4) is 0 Å². The molecule has 20 heavy (non-hydrogen) atoms. The molecule has 5 heteroatoms. The molecule has 2 rings (SSSR count). The Morgan fingerprint density at radius 1 is 1.50 bits per heavy atom. The minimum atomic E-state index is -0.108. The van der Waals surface area contributed by atoms with E-state index < -0.39 is 0 Å². The monoisotopic (exact) mass is 314 g/mol. The molecule has 3 nitrogen and oxygen atoms in total. The number of rotatable bonds is 4. The molecule has 2 N–H and O–H groups in total. The van der Waals surface area contributed by atoms with Crippen molar-refractivity contribution in [1.29, 1.82) is 0 Å². The standard InChI is InChI=1S/C15H20Cl2N2O/c1-10(13-5-4-12(16)8-14(13)17)19-15(20)7-11-3-2-6-18-9-11/h4-5,8,10-11,18H,2-3,6-7,9H2,1H3,(H,19,20). The highest BCUT2D eigenvalue weighted by Crippen LogP contribution is 2.26. The van der Waals surface area contributed by atoms with E-state index in [0.717, 1.165) is 31.5 Å². The molecule has 0 aromatic heterocycles. The zero-order chi connectivity index (χ0) is 14.5. The molecule has 0 spiro atoms. The van der Waals surface area contributed by atoms with Gasteiger partial charge >= 0.3 is 0 Å². The van der Waals surface area contributed by atoms with Gasteiger partial charge in [-0.3, -0.25) is 4.79 Å². The molecular weight excluding hydrogens is 295 g/mol. The van der Waals surface area contributed by atoms with Gasteiger partial charge in [-0.1, -0.05) is 29.3 Å². The Balaban J connectivity index is 1.89. The predicted octanol–water partition coefficient (Wildman–Crippen LogP) is 3.56. The summed E-state index contributed by atoms with van der Waals surface area (Å²) in [4.78, 5) is 12.1. The molecular formula is C15H20Cl2N2O. The van der Waals surface area contributed by atoms with Crippen molar-refractivity contribution in [2.75, 3.05) is 13.1 Å². The molecule has 1 amide bonds. The molecule has 0 saturated carbocycles. The molecule has 1 aromatic rings. The van der Waals surface area contributed by atoms with Crippen molar-refractivity contribution < 1.29 is 4.79 Å². The van der Waals surface area contributed by atoms with E-state index in [1.807, 2.05) is 13.0 Å². The molecule has 1 aliphatic rings. The van der Waals surface area contributed by atoms with Gasteiger partial charge in [0.15, 0.2) is 0 Å². The molecule has 1 heterocycles. The number of carbonyl (C=O) groups excluding carboxylic acids is 1. The van der Waals surface area contributed by atoms with E-state index >= 15 is 0 Å². The van der Waals surface area contributed by atoms with Gasteiger partial charge in [-0.25, -0.2) is 0 Å². The van der Waals surface area contributed by atoms with Crippen LogP contribution in [0.1, 0.15) is 37.8 Å². The number of hydrogen-bond acceptors (Lipinski definition) is 2. The quantitative estimate of drug-likeness (QED) is 0.892. The van der Waals surface area contributed by atoms with E-state index in [1.165, 1.54) is 0 Å². The van der Waals surface area contributed by atoms with E-state index in [9.17, 15) is 4.79 Å². The fraction of sp³-hybridized carbons (Fsp3) is 0.533. The lowest BCUT2D eigenvalue weighted by molar-refractivity contribution is -0.122. The second-order valence-corrected chi connectivity index (χ2v) is 6.22. The van der Waals surface area contributed by atoms with Crippen LogP contribution in [0.25, 0.3) is 0 Å². The van der Waals surface area contributed by atoms with Gasteiger partial charge in [0, 0.05) is 16.5 Å². The van der Waals surface area contributed by atoms with E-state index in [4.69, 9.17) is 23.2 Å². The fourth-order valence-corrected chi connectivity index (χ4v) is 3.16. The van der Waals surface area contributed by atoms with Gasteiger partial charge in [-0.2, -0.15) is 0 Å². The van der Waals surface area contributed by atoms with Crippen LogP contribution in [0.5, 0.6) is 0 Å². The maximum Gasteiger partial charge on any atom is 0.220 e. The predicted molar refractivity (Wildman–Crippen MR) is 83.2 cm³/mol. The molecule has 1 aliphatic heterocycles. The molecule has 1 aromatic carbocycles. The Labute approximate surface area is 130 Å². The zero-order valence-electron chi connectivity index (χ0n) is 11.6. The lowest BCUT2D eigenvalue weighted by Gasteiger charge is -2.23. The van der Waals surface area contributed by atoms with Crippen molar-refractivity contribution in [3.05, 3.63) is 33.8 Å². The zero-order valence-corrected chi connectivity index (χ0v) is 13.1. The summed E-state index contributed by atoms with van der Waals surface area (Å²) in [6.45, 7) is 3.94. The van der Waals surface area contributed by atoms with E-state index in [2.05, 4.69) is 10.6 Å². The van der Waals surface area contributed by atoms with Crippen LogP contribution in [0.2, 0.25) is 10.0 Å². The molecule has 0 aliphatic carbocycles. The van der Waals surface area contributed by atoms with E-state index in [-0.39, 0.29) is 11.9 Å². The maximum atomic E-state index is 12.1. The second kappa shape index (κ2) is 7.30. The van der Waals surface area contributed by atoms with E-state index in [0.29, 0.717) is 22.4 Å². The molecule has 0 bridgehead atoms. The van der Waals surface area contributed by atoms with Crippen LogP contribution in [0, 0.1) is 5.92 Å². The summed E-state index contributed by atoms with van der Waals surface area (Å²) in [5.74, 6) is 0.522. The van der Waals surface area contributed by atoms with Crippen LogP contribution in [0.3, 0.4) is 0 Å². The third kappa shape index (κ3) is 4.37. The number of piperidine rings is 1. The van der Waals surface area contributed by atoms with Crippen LogP contribution >= 0.6 is 23.2 Å². The second-order valence-electron chi connectivity index (χ2n) is 5.37. The van der Waals surface area contributed by atoms with Gasteiger partial charge in [-0.15, -0.1) is 0 Å². The van der Waals surface area contributed by atoms with Crippen LogP contribution in [0.15, 0.2) is 18.2 Å². The Morgan fingerprint density at radius 2 is 2.30 bits per heavy atom. The Hall–Kier alpha value is -0.770. The third-order valence-corrected chi connectivity index (χ3v) is 4.24. The molecule has 1 saturated heterocycles. The average molecular weight is 315 g/mol. The largest absolute Gasteiger partial charge is 0.350 e. The van der Waals surface area contributed by atoms with Gasteiger partial charge in [0.05, 0.1) is 6.04 Å². The van der Waals surface area contributed by atoms with Crippen LogP contribution < -0.4 is 10.6 Å². The van der Waals surface area contributed by atoms with Crippen molar-refractivity contribution in [3.63, 3.8) is 0 Å². The topological polar surface area (TPSA) is 41.1 Å². The van der Waals surface area contributed by atoms with Crippen molar-refractivity contribution in [2.45, 2.75) is 32.2 Å². The summed E-state index contributed by atoms with van der Waals surface area (Å²) in [6, 6.07) is 5.24. The summed E-state index contributed by atoms with van der Waals surface area (Å²) in [6.07, 6.45) is 2.84. The van der Waals surface area contributed by atoms with Gasteiger partial charge in [0.1, 0.15) is 0 Å². The summed E-state index contributed by atoms with van der Waals surface area (Å²) in [5.41, 5.74) is 0.895. The lowest BCUT2D eigenvalue weighted by atomic mass is 9.95.